The summed E-state index contributed by atoms with van der Waals surface area (Å²) in [5, 5.41) is 13.4. The Balaban J connectivity index is 1.82. The molecule has 1 aliphatic heterocycles. The first-order chi connectivity index (χ1) is 10.5. The summed E-state index contributed by atoms with van der Waals surface area (Å²) in [6, 6.07) is 5.90. The number of hydrogen-bond donors (Lipinski definition) is 2. The smallest absolute Gasteiger partial charge is 0.407 e. The Hall–Kier alpha value is -1.60. The molecule has 6 nitrogen and oxygen atoms in total. The number of hydrogen-bond acceptors (Lipinski definition) is 4. The Labute approximate surface area is 140 Å². The van der Waals surface area contributed by atoms with Crippen LogP contribution in [-0.2, 0) is 0 Å². The van der Waals surface area contributed by atoms with Crippen molar-refractivity contribution in [3.8, 4) is 0 Å². The van der Waals surface area contributed by atoms with Crippen LogP contribution in [0, 0.1) is 0 Å². The minimum Gasteiger partial charge on any atom is -0.465 e. The number of nitrogens with zero attached hydrogens (tertiary/aromatic N) is 3. The van der Waals surface area contributed by atoms with E-state index in [1.54, 1.807) is 0 Å². The zero-order valence-corrected chi connectivity index (χ0v) is 13.9. The fourth-order valence-corrected chi connectivity index (χ4v) is 3.13. The van der Waals surface area contributed by atoms with E-state index < -0.39 is 6.09 Å². The second kappa shape index (κ2) is 6.26. The monoisotopic (exact) mass is 384 g/mol. The van der Waals surface area contributed by atoms with Crippen LogP contribution in [0.1, 0.15) is 12.8 Å². The molecular weight excluding hydrogens is 372 g/mol. The lowest BCUT2D eigenvalue weighted by atomic mass is 10.1. The quantitative estimate of drug-likeness (QED) is 0.772. The van der Waals surface area contributed by atoms with Crippen molar-refractivity contribution in [1.29, 1.82) is 0 Å². The maximum absolute atomic E-state index is 10.9. The third-order valence-corrected chi connectivity index (χ3v) is 4.40. The molecule has 0 radical (unpaired) electrons. The number of carbonyl (C=O) groups is 1. The maximum atomic E-state index is 10.9. The standard InChI is InChI=1S/C14H14BrClN4O2/c15-8-1-2-11-10(7-8)12(19-13(16)18-11)17-9-3-5-20(6-4-9)14(21)22/h1-2,7,9H,3-6H2,(H,21,22)(H,17,18,19). The number of amides is 1. The summed E-state index contributed by atoms with van der Waals surface area (Å²) in [7, 11) is 0. The van der Waals surface area contributed by atoms with Crippen LogP contribution in [0.3, 0.4) is 0 Å². The molecule has 0 atom stereocenters. The number of rotatable bonds is 2. The molecule has 0 saturated carbocycles. The maximum Gasteiger partial charge on any atom is 0.407 e. The number of halogens is 2. The van der Waals surface area contributed by atoms with Crippen LogP contribution in [0.4, 0.5) is 10.6 Å². The van der Waals surface area contributed by atoms with Gasteiger partial charge < -0.3 is 15.3 Å². The summed E-state index contributed by atoms with van der Waals surface area (Å²) in [6.07, 6.45) is 0.616. The van der Waals surface area contributed by atoms with Crippen LogP contribution in [0.5, 0.6) is 0 Å². The molecule has 1 amide bonds. The first kappa shape index (κ1) is 15.3. The van der Waals surface area contributed by atoms with E-state index in [-0.39, 0.29) is 11.3 Å². The Kier molecular flexibility index (Phi) is 4.35. The molecule has 2 heterocycles. The molecule has 3 rings (SSSR count). The summed E-state index contributed by atoms with van der Waals surface area (Å²) >= 11 is 9.43. The van der Waals surface area contributed by atoms with Crippen molar-refractivity contribution in [3.05, 3.63) is 28.0 Å². The van der Waals surface area contributed by atoms with Crippen molar-refractivity contribution in [3.63, 3.8) is 0 Å². The fraction of sp³-hybridized carbons (Fsp3) is 0.357. The van der Waals surface area contributed by atoms with Crippen LogP contribution in [0.2, 0.25) is 5.28 Å². The zero-order chi connectivity index (χ0) is 15.7. The molecule has 0 unspecified atom stereocenters. The van der Waals surface area contributed by atoms with E-state index in [9.17, 15) is 4.79 Å². The Morgan fingerprint density at radius 1 is 1.36 bits per heavy atom. The zero-order valence-electron chi connectivity index (χ0n) is 11.6. The largest absolute Gasteiger partial charge is 0.465 e. The Morgan fingerprint density at radius 2 is 2.09 bits per heavy atom. The van der Waals surface area contributed by atoms with Crippen LogP contribution in [0.15, 0.2) is 22.7 Å². The van der Waals surface area contributed by atoms with Gasteiger partial charge in [-0.05, 0) is 42.6 Å². The average Bonchev–Trinajstić information content (AvgIpc) is 2.48. The van der Waals surface area contributed by atoms with E-state index in [1.165, 1.54) is 4.90 Å². The lowest BCUT2D eigenvalue weighted by Crippen LogP contribution is -2.41. The average molecular weight is 386 g/mol. The van der Waals surface area contributed by atoms with E-state index in [4.69, 9.17) is 16.7 Å². The minimum absolute atomic E-state index is 0.170. The van der Waals surface area contributed by atoms with Crippen molar-refractivity contribution in [2.24, 2.45) is 0 Å². The molecule has 0 bridgehead atoms. The second-order valence-corrected chi connectivity index (χ2v) is 6.44. The summed E-state index contributed by atoms with van der Waals surface area (Å²) in [5.74, 6) is 0.685. The third-order valence-electron chi connectivity index (χ3n) is 3.74. The molecule has 1 saturated heterocycles. The molecule has 0 spiro atoms. The first-order valence-electron chi connectivity index (χ1n) is 6.90. The highest BCUT2D eigenvalue weighted by atomic mass is 79.9. The van der Waals surface area contributed by atoms with Gasteiger partial charge in [-0.3, -0.25) is 0 Å². The highest BCUT2D eigenvalue weighted by Gasteiger charge is 2.23. The third kappa shape index (κ3) is 3.25. The Bertz CT molecular complexity index is 719. The van der Waals surface area contributed by atoms with E-state index in [1.807, 2.05) is 18.2 Å². The van der Waals surface area contributed by atoms with E-state index in [2.05, 4.69) is 31.2 Å². The van der Waals surface area contributed by atoms with Crippen molar-refractivity contribution in [2.45, 2.75) is 18.9 Å². The van der Waals surface area contributed by atoms with Gasteiger partial charge in [0.15, 0.2) is 0 Å². The lowest BCUT2D eigenvalue weighted by Gasteiger charge is -2.30. The van der Waals surface area contributed by atoms with Crippen molar-refractivity contribution in [2.75, 3.05) is 18.4 Å². The molecular formula is C14H14BrClN4O2. The van der Waals surface area contributed by atoms with Gasteiger partial charge in [-0.1, -0.05) is 15.9 Å². The molecule has 116 valence electrons. The van der Waals surface area contributed by atoms with Gasteiger partial charge in [-0.2, -0.15) is 0 Å². The lowest BCUT2D eigenvalue weighted by molar-refractivity contribution is 0.134. The molecule has 8 heteroatoms. The van der Waals surface area contributed by atoms with Gasteiger partial charge in [-0.25, -0.2) is 14.8 Å². The summed E-state index contributed by atoms with van der Waals surface area (Å²) in [6.45, 7) is 1.04. The number of aromatic nitrogens is 2. The van der Waals surface area contributed by atoms with Gasteiger partial charge in [0, 0.05) is 29.0 Å². The highest BCUT2D eigenvalue weighted by Crippen LogP contribution is 2.27. The number of carboxylic acid groups (broad SMARTS) is 1. The SMILES string of the molecule is O=C(O)N1CCC(Nc2nc(Cl)nc3ccc(Br)cc23)CC1. The van der Waals surface area contributed by atoms with Crippen LogP contribution in [-0.4, -0.2) is 45.2 Å². The van der Waals surface area contributed by atoms with Gasteiger partial charge in [0.25, 0.3) is 0 Å². The fourth-order valence-electron chi connectivity index (χ4n) is 2.59. The van der Waals surface area contributed by atoms with Crippen LogP contribution >= 0.6 is 27.5 Å². The molecule has 0 aliphatic carbocycles. The molecule has 1 aromatic heterocycles. The number of benzene rings is 1. The van der Waals surface area contributed by atoms with Crippen molar-refractivity contribution in [1.82, 2.24) is 14.9 Å². The first-order valence-corrected chi connectivity index (χ1v) is 8.07. The normalized spacial score (nSPS) is 16.0. The van der Waals surface area contributed by atoms with Crippen molar-refractivity contribution < 1.29 is 9.90 Å². The topological polar surface area (TPSA) is 78.4 Å². The highest BCUT2D eigenvalue weighted by molar-refractivity contribution is 9.10. The molecule has 1 aromatic carbocycles. The second-order valence-electron chi connectivity index (χ2n) is 5.19. The summed E-state index contributed by atoms with van der Waals surface area (Å²) in [5.41, 5.74) is 0.772. The van der Waals surface area contributed by atoms with E-state index in [0.717, 1.165) is 28.2 Å². The van der Waals surface area contributed by atoms with Crippen LogP contribution < -0.4 is 5.32 Å². The van der Waals surface area contributed by atoms with Gasteiger partial charge in [-0.15, -0.1) is 0 Å². The predicted molar refractivity (Wildman–Crippen MR) is 88.5 cm³/mol. The molecule has 2 aromatic rings. The van der Waals surface area contributed by atoms with E-state index >= 15 is 0 Å². The number of piperidine rings is 1. The number of likely N-dealkylation sites (tertiary alicyclic amines) is 1. The van der Waals surface area contributed by atoms with Gasteiger partial charge in [0.2, 0.25) is 5.28 Å². The number of nitrogens with one attached hydrogen (secondary N) is 1. The number of fused-ring (bicyclic) bond motifs is 1. The molecule has 1 fully saturated rings. The van der Waals surface area contributed by atoms with Crippen molar-refractivity contribution >= 4 is 50.3 Å². The summed E-state index contributed by atoms with van der Waals surface area (Å²) in [4.78, 5) is 20.9. The van der Waals surface area contributed by atoms with Gasteiger partial charge in [0.05, 0.1) is 5.52 Å². The van der Waals surface area contributed by atoms with Gasteiger partial charge >= 0.3 is 6.09 Å². The predicted octanol–water partition coefficient (Wildman–Crippen LogP) is 3.60. The molecule has 22 heavy (non-hydrogen) atoms. The minimum atomic E-state index is -0.863. The molecule has 1 aliphatic rings. The van der Waals surface area contributed by atoms with Crippen LogP contribution in [0.25, 0.3) is 10.9 Å². The molecule has 2 N–H and O–H groups in total. The summed E-state index contributed by atoms with van der Waals surface area (Å²) < 4.78 is 0.940. The Morgan fingerprint density at radius 3 is 2.77 bits per heavy atom. The van der Waals surface area contributed by atoms with Gasteiger partial charge in [0.1, 0.15) is 5.82 Å². The number of anilines is 1. The van der Waals surface area contributed by atoms with E-state index in [0.29, 0.717) is 18.9 Å².